The third-order valence-electron chi connectivity index (χ3n) is 20.9. The highest BCUT2D eigenvalue weighted by Gasteiger charge is 2.68. The zero-order chi connectivity index (χ0) is 49.5. The molecule has 8 aliphatic carbocycles. The summed E-state index contributed by atoms with van der Waals surface area (Å²) in [6.07, 6.45) is 18.0. The van der Waals surface area contributed by atoms with Crippen molar-refractivity contribution in [3.05, 3.63) is 83.0 Å². The maximum Gasteiger partial charge on any atom is 0.155 e. The van der Waals surface area contributed by atoms with Gasteiger partial charge in [0.05, 0.1) is 0 Å². The Morgan fingerprint density at radius 2 is 1.00 bits per heavy atom. The lowest BCUT2D eigenvalue weighted by atomic mass is 9.43. The summed E-state index contributed by atoms with van der Waals surface area (Å²) in [7, 11) is 8.34. The Labute approximate surface area is 416 Å². The number of allylic oxidation sites excluding steroid dienone is 2. The molecule has 2 N–H and O–H groups in total. The van der Waals surface area contributed by atoms with Crippen LogP contribution in [-0.4, -0.2) is 61.2 Å². The van der Waals surface area contributed by atoms with Gasteiger partial charge in [0, 0.05) is 75.6 Å². The molecule has 10 rings (SSSR count). The molecule has 0 aliphatic heterocycles. The number of hydrogen-bond acceptors (Lipinski definition) is 6. The van der Waals surface area contributed by atoms with Crippen molar-refractivity contribution in [1.82, 2.24) is 0 Å². The van der Waals surface area contributed by atoms with E-state index >= 15 is 0 Å². The Hall–Kier alpha value is -4.10. The Morgan fingerprint density at radius 3 is 1.38 bits per heavy atom. The number of carbonyl (C=O) groups is 2. The molecule has 0 amide bonds. The number of nitrogens with zero attached hydrogens (tertiary/aromatic N) is 2. The average molecular weight is 933 g/mol. The molecule has 0 radical (unpaired) electrons. The highest BCUT2D eigenvalue weighted by atomic mass is 16.3. The lowest BCUT2D eigenvalue weighted by Crippen LogP contribution is -2.57. The van der Waals surface area contributed by atoms with Crippen LogP contribution in [0.2, 0.25) is 0 Å². The minimum atomic E-state index is -0.922. The van der Waals surface area contributed by atoms with Gasteiger partial charge in [0.2, 0.25) is 0 Å². The van der Waals surface area contributed by atoms with E-state index in [0.29, 0.717) is 71.8 Å². The number of benzene rings is 2. The predicted molar refractivity (Wildman–Crippen MR) is 282 cm³/mol. The van der Waals surface area contributed by atoms with Gasteiger partial charge < -0.3 is 20.0 Å². The quantitative estimate of drug-likeness (QED) is 0.297. The summed E-state index contributed by atoms with van der Waals surface area (Å²) in [5.74, 6) is 18.0. The first-order valence-electron chi connectivity index (χ1n) is 27.1. The molecule has 0 unspecified atom stereocenters. The minimum absolute atomic E-state index is 0.0629. The van der Waals surface area contributed by atoms with E-state index in [-0.39, 0.29) is 27.6 Å². The molecule has 6 heteroatoms. The van der Waals surface area contributed by atoms with E-state index in [9.17, 15) is 19.8 Å². The van der Waals surface area contributed by atoms with E-state index in [1.807, 2.05) is 12.2 Å². The van der Waals surface area contributed by atoms with Crippen LogP contribution in [0.4, 0.5) is 11.4 Å². The summed E-state index contributed by atoms with van der Waals surface area (Å²) in [4.78, 5) is 29.1. The molecule has 2 aromatic carbocycles. The first-order chi connectivity index (χ1) is 32.6. The van der Waals surface area contributed by atoms with Crippen molar-refractivity contribution in [2.24, 2.45) is 63.1 Å². The number of carbonyl (C=O) groups excluding carboxylic acids is 2. The fraction of sp³-hybridized carbons (Fsp3) is 0.651. The van der Waals surface area contributed by atoms with Gasteiger partial charge >= 0.3 is 0 Å². The van der Waals surface area contributed by atoms with Crippen molar-refractivity contribution >= 4 is 22.9 Å². The number of fused-ring (bicyclic) bond motifs is 10. The van der Waals surface area contributed by atoms with Gasteiger partial charge in [-0.2, -0.15) is 0 Å². The van der Waals surface area contributed by atoms with Gasteiger partial charge in [-0.25, -0.2) is 0 Å². The molecule has 0 heterocycles. The third kappa shape index (κ3) is 8.19. The minimum Gasteiger partial charge on any atom is -0.378 e. The molecule has 0 bridgehead atoms. The van der Waals surface area contributed by atoms with E-state index < -0.39 is 11.2 Å². The molecule has 69 heavy (non-hydrogen) atoms. The Bertz CT molecular complexity index is 2490. The van der Waals surface area contributed by atoms with Gasteiger partial charge in [-0.05, 0) is 183 Å². The molecule has 6 saturated carbocycles. The highest BCUT2D eigenvalue weighted by Crippen LogP contribution is 2.72. The van der Waals surface area contributed by atoms with Crippen molar-refractivity contribution in [3.63, 3.8) is 0 Å². The van der Waals surface area contributed by atoms with Crippen molar-refractivity contribution in [3.8, 4) is 23.7 Å². The fourth-order valence-electron chi connectivity index (χ4n) is 17.1. The summed E-state index contributed by atoms with van der Waals surface area (Å²) < 4.78 is 0. The van der Waals surface area contributed by atoms with Crippen molar-refractivity contribution in [1.29, 1.82) is 0 Å². The second-order valence-electron chi connectivity index (χ2n) is 25.1. The predicted octanol–water partition coefficient (Wildman–Crippen LogP) is 12.5. The van der Waals surface area contributed by atoms with Gasteiger partial charge in [0.25, 0.3) is 0 Å². The summed E-state index contributed by atoms with van der Waals surface area (Å²) >= 11 is 0. The first-order valence-corrected chi connectivity index (χ1v) is 27.1. The van der Waals surface area contributed by atoms with Crippen LogP contribution in [0.1, 0.15) is 168 Å². The van der Waals surface area contributed by atoms with E-state index in [2.05, 4.69) is 159 Å². The molecule has 370 valence electrons. The molecule has 6 nitrogen and oxygen atoms in total. The molecule has 2 aromatic rings. The third-order valence-corrected chi connectivity index (χ3v) is 20.9. The molecule has 0 spiro atoms. The van der Waals surface area contributed by atoms with E-state index in [4.69, 9.17) is 0 Å². The van der Waals surface area contributed by atoms with Crippen LogP contribution in [0.25, 0.3) is 0 Å². The summed E-state index contributed by atoms with van der Waals surface area (Å²) in [5, 5.41) is 24.0. The van der Waals surface area contributed by atoms with Crippen molar-refractivity contribution < 1.29 is 19.8 Å². The van der Waals surface area contributed by atoms with Gasteiger partial charge in [0.1, 0.15) is 11.2 Å². The highest BCUT2D eigenvalue weighted by molar-refractivity contribution is 5.92. The Morgan fingerprint density at radius 1 is 0.594 bits per heavy atom. The SMILES string of the molecule is CC(C)C#C[C@]1(O)CC[C@H]2[C@@H]3CCC4=CC(=O)CC[C@]4(C)[C@H]3[C@@H](c3ccc(N(C)C)cc3)C[C@@]21C.CCC#C[C@]1(O)CC[C@H]2[C@@H]3CCC4=CC(=O)CC[C@]4(C)[C@H]3[C@@H](c3ccc(N(C)C)cc3)C[C@@]21C. The largest absolute Gasteiger partial charge is 0.378 e. The molecule has 0 saturated heterocycles. The molecule has 6 fully saturated rings. The molecular formula is C63H84N2O4. The van der Waals surface area contributed by atoms with Crippen LogP contribution < -0.4 is 9.80 Å². The second-order valence-corrected chi connectivity index (χ2v) is 25.1. The first kappa shape index (κ1) is 49.9. The van der Waals surface area contributed by atoms with Gasteiger partial charge in [-0.3, -0.25) is 9.59 Å². The zero-order valence-electron chi connectivity index (χ0n) is 44.2. The average Bonchev–Trinajstić information content (AvgIpc) is 3.75. The molecule has 0 aromatic heterocycles. The van der Waals surface area contributed by atoms with Gasteiger partial charge in [-0.15, -0.1) is 5.92 Å². The van der Waals surface area contributed by atoms with E-state index in [0.717, 1.165) is 83.5 Å². The molecule has 8 aliphatic rings. The molecular weight excluding hydrogens is 849 g/mol. The van der Waals surface area contributed by atoms with Crippen molar-refractivity contribution in [2.75, 3.05) is 38.0 Å². The maximum atomic E-state index is 12.4. The van der Waals surface area contributed by atoms with Crippen molar-refractivity contribution in [2.45, 2.75) is 168 Å². The monoisotopic (exact) mass is 933 g/mol. The number of rotatable bonds is 4. The summed E-state index contributed by atoms with van der Waals surface area (Å²) in [5.41, 5.74) is 5.86. The fourth-order valence-corrected chi connectivity index (χ4v) is 17.1. The van der Waals surface area contributed by atoms with E-state index in [1.54, 1.807) is 0 Å². The summed E-state index contributed by atoms with van der Waals surface area (Å²) in [6.45, 7) is 15.9. The zero-order valence-corrected chi connectivity index (χ0v) is 44.2. The van der Waals surface area contributed by atoms with E-state index in [1.165, 1.54) is 33.6 Å². The van der Waals surface area contributed by atoms with Gasteiger partial charge in [-0.1, -0.05) is 102 Å². The van der Waals surface area contributed by atoms with Crippen LogP contribution in [0.5, 0.6) is 0 Å². The van der Waals surface area contributed by atoms with Crippen LogP contribution in [0.3, 0.4) is 0 Å². The lowest BCUT2D eigenvalue weighted by molar-refractivity contribution is -0.122. The van der Waals surface area contributed by atoms with Crippen LogP contribution in [0.15, 0.2) is 71.8 Å². The Kier molecular flexibility index (Phi) is 13.1. The summed E-state index contributed by atoms with van der Waals surface area (Å²) in [6, 6.07) is 18.2. The number of anilines is 2. The number of aliphatic hydroxyl groups is 2. The normalized spacial score (nSPS) is 40.6. The smallest absolute Gasteiger partial charge is 0.155 e. The van der Waals surface area contributed by atoms with Crippen LogP contribution in [-0.2, 0) is 9.59 Å². The lowest BCUT2D eigenvalue weighted by Gasteiger charge is -2.61. The molecule has 14 atom stereocenters. The second kappa shape index (κ2) is 18.2. The Balaban J connectivity index is 0.000000172. The topological polar surface area (TPSA) is 81.1 Å². The van der Waals surface area contributed by atoms with Crippen LogP contribution in [0, 0.1) is 86.8 Å². The van der Waals surface area contributed by atoms with Gasteiger partial charge in [0.15, 0.2) is 11.6 Å². The number of ketones is 2. The van der Waals surface area contributed by atoms with Crippen LogP contribution >= 0.6 is 0 Å². The maximum absolute atomic E-state index is 12.4. The number of hydrogen-bond donors (Lipinski definition) is 2. The standard InChI is InChI=1S/C32H43NO2.C31H41NO2/c1-21(2)13-17-32(35)18-15-28-26-12-9-23-19-25(34)14-16-30(23,3)29(26)27(20-31(28,32)4)22-7-10-24(11-8-22)33(5)6;1-6-7-16-31(34)18-15-27-25-13-10-22-19-24(33)14-17-29(22,2)28(25)26(20-30(27,31)3)21-8-11-23(12-9-21)32(4)5/h7-8,10-11,19,21,26-29,35H,9,12,14-16,18,20H2,1-6H3;8-9,11-12,19,25-28,34H,6,10,13-15,17-18,20H2,1-5H3/t26-,27+,28-,29+,30-,31-,32-;25-,26+,27-,28+,29-,30-,31-/m00/s1.